The minimum absolute atomic E-state index is 0.0586. The number of hydrogen-bond acceptors (Lipinski definition) is 5. The highest BCUT2D eigenvalue weighted by atomic mass is 16.5. The Labute approximate surface area is 120 Å². The standard InChI is InChI=1S/C14H14N2O5/c1-9-8-12(21-15-9)13(18)16(6-7-17)11-4-2-10(3-5-11)14(19)20/h2-5,8,17H,6-7H2,1H3,(H,19,20). The quantitative estimate of drug-likeness (QED) is 0.860. The topological polar surface area (TPSA) is 104 Å². The summed E-state index contributed by atoms with van der Waals surface area (Å²) >= 11 is 0. The van der Waals surface area contributed by atoms with Gasteiger partial charge in [-0.05, 0) is 31.2 Å². The summed E-state index contributed by atoms with van der Waals surface area (Å²) in [4.78, 5) is 24.5. The number of carboxylic acids is 1. The number of amides is 1. The van der Waals surface area contributed by atoms with Gasteiger partial charge in [0.25, 0.3) is 5.91 Å². The van der Waals surface area contributed by atoms with Gasteiger partial charge in [-0.3, -0.25) is 4.79 Å². The van der Waals surface area contributed by atoms with Crippen LogP contribution in [-0.4, -0.2) is 40.4 Å². The van der Waals surface area contributed by atoms with Crippen LogP contribution in [0.5, 0.6) is 0 Å². The maximum atomic E-state index is 12.3. The Balaban J connectivity index is 2.29. The number of carboxylic acid groups (broad SMARTS) is 1. The first-order valence-electron chi connectivity index (χ1n) is 6.22. The van der Waals surface area contributed by atoms with Crippen LogP contribution in [0.4, 0.5) is 5.69 Å². The van der Waals surface area contributed by atoms with Gasteiger partial charge in [0.05, 0.1) is 17.9 Å². The van der Waals surface area contributed by atoms with Crippen molar-refractivity contribution in [2.75, 3.05) is 18.1 Å². The number of carbonyl (C=O) groups excluding carboxylic acids is 1. The zero-order chi connectivity index (χ0) is 15.4. The molecular weight excluding hydrogens is 276 g/mol. The van der Waals surface area contributed by atoms with Crippen molar-refractivity contribution in [3.8, 4) is 0 Å². The molecule has 2 rings (SSSR count). The smallest absolute Gasteiger partial charge is 0.335 e. The van der Waals surface area contributed by atoms with Gasteiger partial charge in [-0.1, -0.05) is 5.16 Å². The highest BCUT2D eigenvalue weighted by molar-refractivity contribution is 6.04. The van der Waals surface area contributed by atoms with E-state index in [1.165, 1.54) is 35.2 Å². The van der Waals surface area contributed by atoms with Crippen molar-refractivity contribution >= 4 is 17.6 Å². The molecule has 7 heteroatoms. The monoisotopic (exact) mass is 290 g/mol. The number of rotatable bonds is 5. The van der Waals surface area contributed by atoms with Crippen molar-refractivity contribution in [3.05, 3.63) is 47.3 Å². The van der Waals surface area contributed by atoms with E-state index in [9.17, 15) is 9.59 Å². The van der Waals surface area contributed by atoms with Crippen LogP contribution < -0.4 is 4.90 Å². The third-order valence-electron chi connectivity index (χ3n) is 2.83. The summed E-state index contributed by atoms with van der Waals surface area (Å²) in [6.45, 7) is 1.52. The summed E-state index contributed by atoms with van der Waals surface area (Å²) in [7, 11) is 0. The number of anilines is 1. The van der Waals surface area contributed by atoms with Gasteiger partial charge in [-0.2, -0.15) is 0 Å². The molecule has 0 aliphatic heterocycles. The van der Waals surface area contributed by atoms with Gasteiger partial charge in [0.15, 0.2) is 0 Å². The fourth-order valence-corrected chi connectivity index (χ4v) is 1.83. The van der Waals surface area contributed by atoms with Crippen molar-refractivity contribution in [3.63, 3.8) is 0 Å². The van der Waals surface area contributed by atoms with Crippen LogP contribution >= 0.6 is 0 Å². The second-order valence-corrected chi connectivity index (χ2v) is 4.36. The molecule has 0 atom stereocenters. The molecule has 0 aliphatic carbocycles. The van der Waals surface area contributed by atoms with Crippen molar-refractivity contribution in [2.24, 2.45) is 0 Å². The molecule has 2 N–H and O–H groups in total. The van der Waals surface area contributed by atoms with E-state index in [1.54, 1.807) is 6.92 Å². The predicted molar refractivity (Wildman–Crippen MR) is 73.4 cm³/mol. The van der Waals surface area contributed by atoms with Gasteiger partial charge in [0.1, 0.15) is 0 Å². The van der Waals surface area contributed by atoms with E-state index in [0.717, 1.165) is 0 Å². The Hall–Kier alpha value is -2.67. The first-order valence-corrected chi connectivity index (χ1v) is 6.22. The summed E-state index contributed by atoms with van der Waals surface area (Å²) in [6, 6.07) is 7.28. The van der Waals surface area contributed by atoms with Crippen molar-refractivity contribution in [1.82, 2.24) is 5.16 Å². The molecule has 0 bridgehead atoms. The lowest BCUT2D eigenvalue weighted by molar-refractivity contribution is 0.0696. The lowest BCUT2D eigenvalue weighted by Gasteiger charge is -2.20. The molecule has 1 aromatic heterocycles. The molecule has 110 valence electrons. The highest BCUT2D eigenvalue weighted by Crippen LogP contribution is 2.18. The van der Waals surface area contributed by atoms with Gasteiger partial charge in [-0.15, -0.1) is 0 Å². The summed E-state index contributed by atoms with van der Waals surface area (Å²) in [5.41, 5.74) is 1.15. The normalized spacial score (nSPS) is 10.4. The van der Waals surface area contributed by atoms with Crippen LogP contribution in [0.3, 0.4) is 0 Å². The predicted octanol–water partition coefficient (Wildman–Crippen LogP) is 1.32. The number of carbonyl (C=O) groups is 2. The molecule has 7 nitrogen and oxygen atoms in total. The zero-order valence-electron chi connectivity index (χ0n) is 11.3. The molecule has 1 aromatic carbocycles. The van der Waals surface area contributed by atoms with Crippen LogP contribution in [0.25, 0.3) is 0 Å². The molecule has 0 radical (unpaired) electrons. The fourth-order valence-electron chi connectivity index (χ4n) is 1.83. The Morgan fingerprint density at radius 2 is 1.95 bits per heavy atom. The summed E-state index contributed by atoms with van der Waals surface area (Å²) in [5, 5.41) is 21.6. The van der Waals surface area contributed by atoms with Crippen LogP contribution in [-0.2, 0) is 0 Å². The molecule has 0 unspecified atom stereocenters. The van der Waals surface area contributed by atoms with Gasteiger partial charge in [0, 0.05) is 18.3 Å². The SMILES string of the molecule is Cc1cc(C(=O)N(CCO)c2ccc(C(=O)O)cc2)on1. The van der Waals surface area contributed by atoms with Crippen LogP contribution in [0, 0.1) is 6.92 Å². The largest absolute Gasteiger partial charge is 0.478 e. The third kappa shape index (κ3) is 3.26. The van der Waals surface area contributed by atoms with Crippen LogP contribution in [0.2, 0.25) is 0 Å². The third-order valence-corrected chi connectivity index (χ3v) is 2.83. The van der Waals surface area contributed by atoms with E-state index in [4.69, 9.17) is 14.7 Å². The second-order valence-electron chi connectivity index (χ2n) is 4.36. The van der Waals surface area contributed by atoms with E-state index in [-0.39, 0.29) is 24.5 Å². The van der Waals surface area contributed by atoms with E-state index < -0.39 is 11.9 Å². The number of aliphatic hydroxyl groups excluding tert-OH is 1. The lowest BCUT2D eigenvalue weighted by Crippen LogP contribution is -2.33. The van der Waals surface area contributed by atoms with E-state index in [2.05, 4.69) is 5.16 Å². The molecule has 2 aromatic rings. The average Bonchev–Trinajstić information content (AvgIpc) is 2.91. The van der Waals surface area contributed by atoms with E-state index in [1.807, 2.05) is 0 Å². The Morgan fingerprint density at radius 1 is 1.29 bits per heavy atom. The molecular formula is C14H14N2O5. The zero-order valence-corrected chi connectivity index (χ0v) is 11.3. The van der Waals surface area contributed by atoms with Crippen molar-refractivity contribution in [2.45, 2.75) is 6.92 Å². The van der Waals surface area contributed by atoms with Gasteiger partial charge in [0.2, 0.25) is 5.76 Å². The number of aromatic carboxylic acids is 1. The Kier molecular flexibility index (Phi) is 4.34. The molecule has 0 fully saturated rings. The van der Waals surface area contributed by atoms with E-state index in [0.29, 0.717) is 11.4 Å². The molecule has 1 heterocycles. The molecule has 0 aliphatic rings. The van der Waals surface area contributed by atoms with Gasteiger partial charge >= 0.3 is 5.97 Å². The van der Waals surface area contributed by atoms with Crippen molar-refractivity contribution < 1.29 is 24.3 Å². The molecule has 1 amide bonds. The first-order chi connectivity index (χ1) is 10.0. The summed E-state index contributed by atoms with van der Waals surface area (Å²) < 4.78 is 4.92. The highest BCUT2D eigenvalue weighted by Gasteiger charge is 2.21. The second kappa shape index (κ2) is 6.19. The Morgan fingerprint density at radius 3 is 2.43 bits per heavy atom. The number of benzene rings is 1. The van der Waals surface area contributed by atoms with Crippen LogP contribution in [0.1, 0.15) is 26.6 Å². The maximum absolute atomic E-state index is 12.3. The number of aromatic nitrogens is 1. The maximum Gasteiger partial charge on any atom is 0.335 e. The molecule has 21 heavy (non-hydrogen) atoms. The number of hydrogen-bond donors (Lipinski definition) is 2. The lowest BCUT2D eigenvalue weighted by atomic mass is 10.2. The Bertz CT molecular complexity index is 648. The minimum Gasteiger partial charge on any atom is -0.478 e. The van der Waals surface area contributed by atoms with Crippen molar-refractivity contribution in [1.29, 1.82) is 0 Å². The molecule has 0 saturated carbocycles. The number of aliphatic hydroxyl groups is 1. The van der Waals surface area contributed by atoms with Crippen LogP contribution in [0.15, 0.2) is 34.9 Å². The minimum atomic E-state index is -1.05. The van der Waals surface area contributed by atoms with E-state index >= 15 is 0 Å². The van der Waals surface area contributed by atoms with Gasteiger partial charge in [-0.25, -0.2) is 4.79 Å². The van der Waals surface area contributed by atoms with Gasteiger partial charge < -0.3 is 19.6 Å². The summed E-state index contributed by atoms with van der Waals surface area (Å²) in [5.74, 6) is -1.44. The number of nitrogens with zero attached hydrogens (tertiary/aromatic N) is 2. The fraction of sp³-hybridized carbons (Fsp3) is 0.214. The molecule has 0 saturated heterocycles. The number of aryl methyl sites for hydroxylation is 1. The summed E-state index contributed by atoms with van der Waals surface area (Å²) in [6.07, 6.45) is 0. The average molecular weight is 290 g/mol. The molecule has 0 spiro atoms. The first kappa shape index (κ1) is 14.7.